The van der Waals surface area contributed by atoms with Gasteiger partial charge in [-0.3, -0.25) is 4.79 Å². The molecule has 0 bridgehead atoms. The van der Waals surface area contributed by atoms with E-state index in [1.54, 1.807) is 12.1 Å². The summed E-state index contributed by atoms with van der Waals surface area (Å²) in [6.45, 7) is 2.02. The summed E-state index contributed by atoms with van der Waals surface area (Å²) in [6, 6.07) is 5.27. The zero-order valence-corrected chi connectivity index (χ0v) is 11.5. The minimum absolute atomic E-state index is 0.00137. The Morgan fingerprint density at radius 2 is 2.16 bits per heavy atom. The summed E-state index contributed by atoms with van der Waals surface area (Å²) in [4.78, 5) is 23.2. The van der Waals surface area contributed by atoms with Crippen molar-refractivity contribution in [3.8, 4) is 0 Å². The highest BCUT2D eigenvalue weighted by atomic mass is 35.5. The van der Waals surface area contributed by atoms with Gasteiger partial charge in [0.2, 0.25) is 0 Å². The number of halogens is 1. The first kappa shape index (κ1) is 13.8. The van der Waals surface area contributed by atoms with Gasteiger partial charge in [-0.2, -0.15) is 0 Å². The van der Waals surface area contributed by atoms with Crippen LogP contribution in [0.2, 0.25) is 5.02 Å². The van der Waals surface area contributed by atoms with E-state index in [0.29, 0.717) is 29.2 Å². The summed E-state index contributed by atoms with van der Waals surface area (Å²) >= 11 is 6.06. The zero-order chi connectivity index (χ0) is 13.8. The number of allylic oxidation sites excluding steroid dienone is 2. The Bertz CT molecular complexity index is 546. The van der Waals surface area contributed by atoms with Crippen LogP contribution in [0.5, 0.6) is 0 Å². The fourth-order valence-corrected chi connectivity index (χ4v) is 2.24. The van der Waals surface area contributed by atoms with Gasteiger partial charge in [-0.1, -0.05) is 24.6 Å². The van der Waals surface area contributed by atoms with E-state index in [2.05, 4.69) is 0 Å². The van der Waals surface area contributed by atoms with Crippen LogP contribution in [-0.2, 0) is 16.0 Å². The molecule has 0 heterocycles. The standard InChI is InChI=1S/C15H15ClO3/c1-2-10-6-7-13(14(16)8-10)15(18)19-12-5-3-4-11(17)9-12/h6-9H,2-5H2,1H3. The Kier molecular flexibility index (Phi) is 4.38. The Labute approximate surface area is 117 Å². The SMILES string of the molecule is CCc1ccc(C(=O)OC2=CC(=O)CCC2)c(Cl)c1. The van der Waals surface area contributed by atoms with Crippen LogP contribution in [0.15, 0.2) is 30.0 Å². The van der Waals surface area contributed by atoms with E-state index in [9.17, 15) is 9.59 Å². The van der Waals surface area contributed by atoms with Crippen molar-refractivity contribution in [1.82, 2.24) is 0 Å². The van der Waals surface area contributed by atoms with Gasteiger partial charge < -0.3 is 4.74 Å². The quantitative estimate of drug-likeness (QED) is 0.792. The van der Waals surface area contributed by atoms with Crippen LogP contribution in [0, 0.1) is 0 Å². The Morgan fingerprint density at radius 1 is 1.37 bits per heavy atom. The van der Waals surface area contributed by atoms with Gasteiger partial charge in [-0.05, 0) is 30.5 Å². The van der Waals surface area contributed by atoms with E-state index in [1.807, 2.05) is 13.0 Å². The molecule has 1 aliphatic carbocycles. The highest BCUT2D eigenvalue weighted by Crippen LogP contribution is 2.22. The second kappa shape index (κ2) is 6.02. The molecule has 3 nitrogen and oxygen atoms in total. The molecule has 2 rings (SSSR count). The van der Waals surface area contributed by atoms with Gasteiger partial charge in [0.25, 0.3) is 0 Å². The predicted octanol–water partition coefficient (Wildman–Crippen LogP) is 3.70. The first-order valence-corrected chi connectivity index (χ1v) is 6.72. The molecule has 0 aromatic heterocycles. The second-order valence-corrected chi connectivity index (χ2v) is 4.89. The molecule has 0 atom stereocenters. The van der Waals surface area contributed by atoms with Gasteiger partial charge in [0.1, 0.15) is 5.76 Å². The number of carbonyl (C=O) groups is 2. The van der Waals surface area contributed by atoms with E-state index < -0.39 is 5.97 Å². The van der Waals surface area contributed by atoms with E-state index in [-0.39, 0.29) is 5.78 Å². The third-order valence-corrected chi connectivity index (χ3v) is 3.37. The van der Waals surface area contributed by atoms with E-state index in [4.69, 9.17) is 16.3 Å². The maximum atomic E-state index is 12.0. The average Bonchev–Trinajstić information content (AvgIpc) is 2.38. The molecule has 0 spiro atoms. The van der Waals surface area contributed by atoms with Crippen LogP contribution in [0.25, 0.3) is 0 Å². The first-order chi connectivity index (χ1) is 9.10. The normalized spacial score (nSPS) is 15.1. The van der Waals surface area contributed by atoms with E-state index in [0.717, 1.165) is 18.4 Å². The summed E-state index contributed by atoms with van der Waals surface area (Å²) in [6.07, 6.45) is 4.11. The minimum Gasteiger partial charge on any atom is -0.427 e. The van der Waals surface area contributed by atoms with Gasteiger partial charge in [0, 0.05) is 18.9 Å². The van der Waals surface area contributed by atoms with Crippen molar-refractivity contribution in [2.45, 2.75) is 32.6 Å². The zero-order valence-electron chi connectivity index (χ0n) is 10.7. The molecule has 0 amide bonds. The summed E-state index contributed by atoms with van der Waals surface area (Å²) in [5.74, 6) is -0.0769. The average molecular weight is 279 g/mol. The number of benzene rings is 1. The molecule has 0 unspecified atom stereocenters. The molecule has 0 N–H and O–H groups in total. The maximum absolute atomic E-state index is 12.0. The van der Waals surface area contributed by atoms with E-state index >= 15 is 0 Å². The van der Waals surface area contributed by atoms with Crippen molar-refractivity contribution in [2.24, 2.45) is 0 Å². The number of aryl methyl sites for hydroxylation is 1. The van der Waals surface area contributed by atoms with Crippen LogP contribution in [0.4, 0.5) is 0 Å². The highest BCUT2D eigenvalue weighted by Gasteiger charge is 2.17. The molecule has 0 saturated heterocycles. The van der Waals surface area contributed by atoms with Crippen molar-refractivity contribution in [2.75, 3.05) is 0 Å². The fourth-order valence-electron chi connectivity index (χ4n) is 1.96. The maximum Gasteiger partial charge on any atom is 0.344 e. The topological polar surface area (TPSA) is 43.4 Å². The van der Waals surface area contributed by atoms with Crippen molar-refractivity contribution < 1.29 is 14.3 Å². The molecule has 100 valence electrons. The molecular weight excluding hydrogens is 264 g/mol. The number of carbonyl (C=O) groups excluding carboxylic acids is 2. The lowest BCUT2D eigenvalue weighted by Crippen LogP contribution is -2.11. The summed E-state index contributed by atoms with van der Waals surface area (Å²) in [5.41, 5.74) is 1.39. The molecule has 1 aliphatic rings. The Morgan fingerprint density at radius 3 is 2.79 bits per heavy atom. The van der Waals surface area contributed by atoms with Crippen molar-refractivity contribution in [3.63, 3.8) is 0 Å². The van der Waals surface area contributed by atoms with Gasteiger partial charge in [-0.15, -0.1) is 0 Å². The molecule has 1 aromatic rings. The highest BCUT2D eigenvalue weighted by molar-refractivity contribution is 6.33. The lowest BCUT2D eigenvalue weighted by molar-refractivity contribution is -0.115. The molecule has 0 fully saturated rings. The third-order valence-electron chi connectivity index (χ3n) is 3.05. The minimum atomic E-state index is -0.506. The lowest BCUT2D eigenvalue weighted by atomic mass is 10.1. The molecule has 0 aliphatic heterocycles. The second-order valence-electron chi connectivity index (χ2n) is 4.49. The van der Waals surface area contributed by atoms with Gasteiger partial charge in [0.15, 0.2) is 5.78 Å². The molecule has 4 heteroatoms. The molecule has 0 radical (unpaired) electrons. The number of rotatable bonds is 3. The smallest absolute Gasteiger partial charge is 0.344 e. The van der Waals surface area contributed by atoms with Crippen molar-refractivity contribution in [3.05, 3.63) is 46.2 Å². The van der Waals surface area contributed by atoms with Crippen LogP contribution >= 0.6 is 11.6 Å². The molecular formula is C15H15ClO3. The number of ketones is 1. The van der Waals surface area contributed by atoms with E-state index in [1.165, 1.54) is 6.08 Å². The van der Waals surface area contributed by atoms with Gasteiger partial charge in [0.05, 0.1) is 10.6 Å². The van der Waals surface area contributed by atoms with Crippen molar-refractivity contribution >= 4 is 23.4 Å². The third kappa shape index (κ3) is 3.44. The fraction of sp³-hybridized carbons (Fsp3) is 0.333. The van der Waals surface area contributed by atoms with Crippen LogP contribution in [0.1, 0.15) is 42.1 Å². The van der Waals surface area contributed by atoms with Crippen LogP contribution < -0.4 is 0 Å². The molecule has 0 saturated carbocycles. The van der Waals surface area contributed by atoms with Gasteiger partial charge >= 0.3 is 5.97 Å². The summed E-state index contributed by atoms with van der Waals surface area (Å²) < 4.78 is 5.22. The summed E-state index contributed by atoms with van der Waals surface area (Å²) in [5, 5.41) is 0.382. The van der Waals surface area contributed by atoms with Crippen LogP contribution in [0.3, 0.4) is 0 Å². The first-order valence-electron chi connectivity index (χ1n) is 6.34. The number of ether oxygens (including phenoxy) is 1. The molecule has 1 aromatic carbocycles. The largest absolute Gasteiger partial charge is 0.427 e. The summed E-state index contributed by atoms with van der Waals surface area (Å²) in [7, 11) is 0. The monoisotopic (exact) mass is 278 g/mol. The Hall–Kier alpha value is -1.61. The number of esters is 1. The number of hydrogen-bond donors (Lipinski definition) is 0. The number of hydrogen-bond acceptors (Lipinski definition) is 3. The molecule has 19 heavy (non-hydrogen) atoms. The lowest BCUT2D eigenvalue weighted by Gasteiger charge is -2.13. The Balaban J connectivity index is 2.14. The van der Waals surface area contributed by atoms with Gasteiger partial charge in [-0.25, -0.2) is 4.79 Å². The predicted molar refractivity (Wildman–Crippen MR) is 73.2 cm³/mol. The van der Waals surface area contributed by atoms with Crippen molar-refractivity contribution in [1.29, 1.82) is 0 Å². The van der Waals surface area contributed by atoms with Crippen LogP contribution in [-0.4, -0.2) is 11.8 Å².